The zero-order valence-corrected chi connectivity index (χ0v) is 13.0. The van der Waals surface area contributed by atoms with E-state index in [4.69, 9.17) is 0 Å². The minimum atomic E-state index is 0. The van der Waals surface area contributed by atoms with Gasteiger partial charge in [-0.2, -0.15) is 0 Å². The van der Waals surface area contributed by atoms with Crippen LogP contribution in [0.4, 0.5) is 17.1 Å². The smallest absolute Gasteiger partial charge is 0.0676 e. The highest BCUT2D eigenvalue weighted by Gasteiger charge is 2.02. The van der Waals surface area contributed by atoms with Crippen molar-refractivity contribution in [3.63, 3.8) is 0 Å². The van der Waals surface area contributed by atoms with Crippen LogP contribution in [0.3, 0.4) is 0 Å². The minimum Gasteiger partial charge on any atom is -0.265 e. The van der Waals surface area contributed by atoms with E-state index in [0.717, 1.165) is 39.5 Å². The van der Waals surface area contributed by atoms with Crippen molar-refractivity contribution < 1.29 is 0 Å². The lowest BCUT2D eigenvalue weighted by Gasteiger charge is -2.05. The van der Waals surface area contributed by atoms with Crippen LogP contribution >= 0.6 is 0 Å². The maximum atomic E-state index is 4.64. The van der Waals surface area contributed by atoms with Gasteiger partial charge >= 0.3 is 0 Å². The van der Waals surface area contributed by atoms with Crippen LogP contribution in [0.5, 0.6) is 0 Å². The number of nitrogens with zero attached hydrogens (tertiary/aromatic N) is 3. The minimum absolute atomic E-state index is 0. The van der Waals surface area contributed by atoms with Crippen LogP contribution in [0.1, 0.15) is 32.4 Å². The summed E-state index contributed by atoms with van der Waals surface area (Å²) in [5.41, 5.74) is 6.41. The zero-order valence-electron chi connectivity index (χ0n) is 13.0. The first-order chi connectivity index (χ1) is 10.5. The van der Waals surface area contributed by atoms with Crippen molar-refractivity contribution in [3.8, 4) is 0 Å². The van der Waals surface area contributed by atoms with Gasteiger partial charge in [-0.05, 0) is 56.6 Å². The fourth-order valence-corrected chi connectivity index (χ4v) is 2.08. The van der Waals surface area contributed by atoms with E-state index in [-0.39, 0.29) is 7.43 Å². The summed E-state index contributed by atoms with van der Waals surface area (Å²) in [6, 6.07) is 13.7. The Bertz CT molecular complexity index is 727. The van der Waals surface area contributed by atoms with Gasteiger partial charge in [0.15, 0.2) is 0 Å². The predicted molar refractivity (Wildman–Crippen MR) is 105 cm³/mol. The first-order valence-electron chi connectivity index (χ1n) is 6.93. The Morgan fingerprint density at radius 1 is 0.783 bits per heavy atom. The Hall–Kier alpha value is -2.81. The van der Waals surface area contributed by atoms with E-state index in [9.17, 15) is 0 Å². The lowest BCUT2D eigenvalue weighted by molar-refractivity contribution is 1.43. The summed E-state index contributed by atoms with van der Waals surface area (Å²) in [5, 5.41) is 0. The summed E-state index contributed by atoms with van der Waals surface area (Å²) in [6.45, 7) is 15.0. The molecule has 0 N–H and O–H groups in total. The molecule has 23 heavy (non-hydrogen) atoms. The molecule has 2 aromatic carbocycles. The molecule has 0 bridgehead atoms. The fourth-order valence-electron chi connectivity index (χ4n) is 2.08. The number of benzene rings is 2. The topological polar surface area (TPSA) is 37.1 Å². The average Bonchev–Trinajstić information content (AvgIpc) is 2.54. The van der Waals surface area contributed by atoms with Gasteiger partial charge in [-0.25, -0.2) is 0 Å². The van der Waals surface area contributed by atoms with Crippen LogP contribution in [0, 0.1) is 0 Å². The molecule has 0 aliphatic rings. The van der Waals surface area contributed by atoms with Gasteiger partial charge in [-0.1, -0.05) is 43.8 Å². The molecule has 0 aliphatic heterocycles. The fraction of sp³-hybridized carbons (Fsp3) is 0.150. The van der Waals surface area contributed by atoms with Gasteiger partial charge in [0.05, 0.1) is 17.1 Å². The second kappa shape index (κ2) is 7.99. The number of hydrogen-bond donors (Lipinski definition) is 0. The van der Waals surface area contributed by atoms with Gasteiger partial charge < -0.3 is 0 Å². The van der Waals surface area contributed by atoms with Crippen molar-refractivity contribution in [2.75, 3.05) is 0 Å². The van der Waals surface area contributed by atoms with E-state index in [1.54, 1.807) is 0 Å². The van der Waals surface area contributed by atoms with Gasteiger partial charge in [0.1, 0.15) is 0 Å². The van der Waals surface area contributed by atoms with E-state index in [1.165, 1.54) is 0 Å². The van der Waals surface area contributed by atoms with Gasteiger partial charge in [0.2, 0.25) is 0 Å². The molecule has 3 nitrogen and oxygen atoms in total. The monoisotopic (exact) mass is 305 g/mol. The summed E-state index contributed by atoms with van der Waals surface area (Å²) in [6.07, 6.45) is 0. The third-order valence-electron chi connectivity index (χ3n) is 3.34. The Morgan fingerprint density at radius 3 is 1.65 bits per heavy atom. The number of hydrogen-bond acceptors (Lipinski definition) is 3. The summed E-state index contributed by atoms with van der Waals surface area (Å²) >= 11 is 0. The van der Waals surface area contributed by atoms with Gasteiger partial charge in [-0.3, -0.25) is 15.0 Å². The largest absolute Gasteiger partial charge is 0.265 e. The Labute approximate surface area is 138 Å². The lowest BCUT2D eigenvalue weighted by Crippen LogP contribution is -1.94. The summed E-state index contributed by atoms with van der Waals surface area (Å²) in [7, 11) is 0. The standard InChI is InChI=1S/C19H19N3.CH4/c1-13(2)15-6-8-16(9-7-15)14(3)22-19-11-17(20-4)10-18(12-19)21-5;/h6-12H,1,4-5H2,2-3H3;1H4. The maximum absolute atomic E-state index is 4.64. The number of allylic oxidation sites excluding steroid dienone is 1. The van der Waals surface area contributed by atoms with Crippen LogP contribution in [0.15, 0.2) is 64.0 Å². The second-order valence-electron chi connectivity index (χ2n) is 5.08. The van der Waals surface area contributed by atoms with Crippen LogP contribution in [-0.2, 0) is 0 Å². The predicted octanol–water partition coefficient (Wildman–Crippen LogP) is 6.16. The molecule has 2 aromatic rings. The average molecular weight is 305 g/mol. The normalized spacial score (nSPS) is 10.6. The molecule has 2 rings (SSSR count). The molecular formula is C20H23N3. The molecular weight excluding hydrogens is 282 g/mol. The summed E-state index contributed by atoms with van der Waals surface area (Å²) in [5.74, 6) is 0. The molecule has 0 aliphatic carbocycles. The molecule has 0 unspecified atom stereocenters. The Morgan fingerprint density at radius 2 is 1.22 bits per heavy atom. The van der Waals surface area contributed by atoms with E-state index >= 15 is 0 Å². The van der Waals surface area contributed by atoms with E-state index in [1.807, 2.05) is 44.2 Å². The van der Waals surface area contributed by atoms with E-state index < -0.39 is 0 Å². The first kappa shape index (κ1) is 18.2. The van der Waals surface area contributed by atoms with Gasteiger partial charge in [-0.15, -0.1) is 0 Å². The molecule has 118 valence electrons. The van der Waals surface area contributed by atoms with Crippen LogP contribution in [-0.4, -0.2) is 19.1 Å². The molecule has 0 aromatic heterocycles. The Kier molecular flexibility index (Phi) is 6.34. The molecule has 0 heterocycles. The molecule has 0 fully saturated rings. The number of rotatable bonds is 5. The van der Waals surface area contributed by atoms with Crippen molar-refractivity contribution in [1.29, 1.82) is 0 Å². The zero-order chi connectivity index (χ0) is 16.1. The molecule has 0 atom stereocenters. The van der Waals surface area contributed by atoms with Crippen molar-refractivity contribution in [1.82, 2.24) is 0 Å². The molecule has 3 heteroatoms. The maximum Gasteiger partial charge on any atom is 0.0676 e. The van der Waals surface area contributed by atoms with Crippen molar-refractivity contribution in [3.05, 3.63) is 60.2 Å². The van der Waals surface area contributed by atoms with Crippen LogP contribution < -0.4 is 0 Å². The Balaban J connectivity index is 0.00000264. The van der Waals surface area contributed by atoms with Gasteiger partial charge in [0.25, 0.3) is 0 Å². The highest BCUT2D eigenvalue weighted by molar-refractivity contribution is 6.00. The van der Waals surface area contributed by atoms with Crippen molar-refractivity contribution in [2.45, 2.75) is 21.3 Å². The van der Waals surface area contributed by atoms with E-state index in [0.29, 0.717) is 0 Å². The highest BCUT2D eigenvalue weighted by atomic mass is 14.8. The van der Waals surface area contributed by atoms with E-state index in [2.05, 4.69) is 47.1 Å². The third kappa shape index (κ3) is 4.58. The third-order valence-corrected chi connectivity index (χ3v) is 3.34. The SMILES string of the molecule is C.C=Nc1cc(N=C)cc(N=C(C)c2ccc(C(=C)C)cc2)c1. The molecule has 0 saturated heterocycles. The summed E-state index contributed by atoms with van der Waals surface area (Å²) < 4.78 is 0. The van der Waals surface area contributed by atoms with Crippen molar-refractivity contribution >= 4 is 41.8 Å². The quantitative estimate of drug-likeness (QED) is 0.593. The number of aliphatic imine (C=N–C) groups is 3. The first-order valence-corrected chi connectivity index (χ1v) is 6.93. The molecule has 0 amide bonds. The molecule has 0 spiro atoms. The summed E-state index contributed by atoms with van der Waals surface area (Å²) in [4.78, 5) is 12.5. The van der Waals surface area contributed by atoms with Crippen LogP contribution in [0.25, 0.3) is 5.57 Å². The van der Waals surface area contributed by atoms with Crippen LogP contribution in [0.2, 0.25) is 0 Å². The molecule has 0 radical (unpaired) electrons. The second-order valence-corrected chi connectivity index (χ2v) is 5.08. The highest BCUT2D eigenvalue weighted by Crippen LogP contribution is 2.28. The van der Waals surface area contributed by atoms with Gasteiger partial charge in [0, 0.05) is 5.71 Å². The molecule has 0 saturated carbocycles. The van der Waals surface area contributed by atoms with Crippen molar-refractivity contribution in [2.24, 2.45) is 15.0 Å². The lowest BCUT2D eigenvalue weighted by atomic mass is 10.0.